The van der Waals surface area contributed by atoms with E-state index in [1.54, 1.807) is 0 Å². The van der Waals surface area contributed by atoms with Gasteiger partial charge in [-0.3, -0.25) is 9.36 Å². The van der Waals surface area contributed by atoms with Crippen molar-refractivity contribution in [2.45, 2.75) is 25.2 Å². The molecule has 8 heteroatoms. The first-order valence-electron chi connectivity index (χ1n) is 11.3. The molecule has 0 aliphatic rings. The third-order valence-electron chi connectivity index (χ3n) is 5.44. The minimum atomic E-state index is -0.0630. The van der Waals surface area contributed by atoms with E-state index in [-0.39, 0.29) is 18.3 Å². The number of hydrogen-bond donors (Lipinski definition) is 1. The van der Waals surface area contributed by atoms with Crippen molar-refractivity contribution in [3.63, 3.8) is 0 Å². The summed E-state index contributed by atoms with van der Waals surface area (Å²) in [4.78, 5) is 14.6. The average molecular weight is 488 g/mol. The number of carbonyl (C=O) groups excluding carboxylic acids is 1. The summed E-state index contributed by atoms with van der Waals surface area (Å²) >= 11 is 1.35. The summed E-state index contributed by atoms with van der Waals surface area (Å²) in [5, 5.41) is 12.3. The van der Waals surface area contributed by atoms with Crippen molar-refractivity contribution < 1.29 is 9.53 Å². The molecular formula is C27H29N5O2S. The number of anilines is 1. The van der Waals surface area contributed by atoms with Gasteiger partial charge in [0, 0.05) is 32.0 Å². The van der Waals surface area contributed by atoms with Gasteiger partial charge in [-0.1, -0.05) is 60.3 Å². The maximum Gasteiger partial charge on any atom is 0.230 e. The molecule has 4 aromatic rings. The Kier molecular flexibility index (Phi) is 8.05. The Labute approximate surface area is 210 Å². The monoisotopic (exact) mass is 487 g/mol. The minimum absolute atomic E-state index is 0.0630. The SMILES string of the molecule is Cc1ccccc1OCc1nnc(SCC(=O)NCc2ccc(N(C)C)cc2)n1-c1ccccc1. The van der Waals surface area contributed by atoms with Gasteiger partial charge in [0.2, 0.25) is 5.91 Å². The standard InChI is InChI=1S/C27H29N5O2S/c1-20-9-7-8-12-24(20)34-18-25-29-30-27(32(25)23-10-5-4-6-11-23)35-19-26(33)28-17-21-13-15-22(16-14-21)31(2)3/h4-16H,17-19H2,1-3H3,(H,28,33). The average Bonchev–Trinajstić information content (AvgIpc) is 3.29. The van der Waals surface area contributed by atoms with Gasteiger partial charge in [-0.05, 0) is 48.4 Å². The second kappa shape index (κ2) is 11.6. The Morgan fingerprint density at radius 1 is 0.971 bits per heavy atom. The highest BCUT2D eigenvalue weighted by molar-refractivity contribution is 7.99. The van der Waals surface area contributed by atoms with E-state index in [1.807, 2.05) is 109 Å². The second-order valence-corrected chi connectivity index (χ2v) is 9.19. The van der Waals surface area contributed by atoms with E-state index in [0.29, 0.717) is 17.5 Å². The van der Waals surface area contributed by atoms with Gasteiger partial charge in [-0.15, -0.1) is 10.2 Å². The molecule has 0 atom stereocenters. The minimum Gasteiger partial charge on any atom is -0.485 e. The van der Waals surface area contributed by atoms with Crippen LogP contribution in [0, 0.1) is 6.92 Å². The van der Waals surface area contributed by atoms with E-state index >= 15 is 0 Å². The Bertz CT molecular complexity index is 1260. The molecule has 3 aromatic carbocycles. The highest BCUT2D eigenvalue weighted by Gasteiger charge is 2.16. The lowest BCUT2D eigenvalue weighted by atomic mass is 10.2. The maximum atomic E-state index is 12.5. The van der Waals surface area contributed by atoms with Crippen LogP contribution in [0.25, 0.3) is 5.69 Å². The lowest BCUT2D eigenvalue weighted by Crippen LogP contribution is -2.24. The molecule has 0 aliphatic carbocycles. The summed E-state index contributed by atoms with van der Waals surface area (Å²) in [6.45, 7) is 2.75. The zero-order chi connectivity index (χ0) is 24.6. The number of benzene rings is 3. The molecule has 35 heavy (non-hydrogen) atoms. The van der Waals surface area contributed by atoms with E-state index in [0.717, 1.165) is 28.3 Å². The predicted octanol–water partition coefficient (Wildman–Crippen LogP) is 4.63. The van der Waals surface area contributed by atoms with Crippen molar-refractivity contribution in [1.29, 1.82) is 0 Å². The number of rotatable bonds is 10. The first kappa shape index (κ1) is 24.3. The van der Waals surface area contributed by atoms with Crippen molar-refractivity contribution in [1.82, 2.24) is 20.1 Å². The first-order chi connectivity index (χ1) is 17.0. The van der Waals surface area contributed by atoms with E-state index < -0.39 is 0 Å². The van der Waals surface area contributed by atoms with Crippen LogP contribution in [0.4, 0.5) is 5.69 Å². The molecule has 0 saturated carbocycles. The fourth-order valence-electron chi connectivity index (χ4n) is 3.48. The Balaban J connectivity index is 1.41. The van der Waals surface area contributed by atoms with Gasteiger partial charge in [0.25, 0.3) is 0 Å². The van der Waals surface area contributed by atoms with Gasteiger partial charge in [0.15, 0.2) is 11.0 Å². The van der Waals surface area contributed by atoms with E-state index in [2.05, 4.69) is 15.5 Å². The summed E-state index contributed by atoms with van der Waals surface area (Å²) in [5.41, 5.74) is 4.15. The van der Waals surface area contributed by atoms with Crippen LogP contribution >= 0.6 is 11.8 Å². The third-order valence-corrected chi connectivity index (χ3v) is 6.37. The molecule has 0 radical (unpaired) electrons. The summed E-state index contributed by atoms with van der Waals surface area (Å²) in [5.74, 6) is 1.65. The zero-order valence-electron chi connectivity index (χ0n) is 20.1. The van der Waals surface area contributed by atoms with E-state index in [4.69, 9.17) is 4.74 Å². The lowest BCUT2D eigenvalue weighted by molar-refractivity contribution is -0.118. The molecule has 180 valence electrons. The van der Waals surface area contributed by atoms with Gasteiger partial charge in [0.05, 0.1) is 5.75 Å². The number of amides is 1. The molecule has 0 fully saturated rings. The second-order valence-electron chi connectivity index (χ2n) is 8.25. The molecule has 1 aromatic heterocycles. The summed E-state index contributed by atoms with van der Waals surface area (Å²) < 4.78 is 7.96. The first-order valence-corrected chi connectivity index (χ1v) is 12.3. The van der Waals surface area contributed by atoms with Crippen LogP contribution in [0.2, 0.25) is 0 Å². The molecule has 1 heterocycles. The number of carbonyl (C=O) groups is 1. The molecule has 0 spiro atoms. The van der Waals surface area contributed by atoms with Gasteiger partial charge < -0.3 is 15.0 Å². The Hall–Kier alpha value is -3.78. The zero-order valence-corrected chi connectivity index (χ0v) is 21.0. The molecule has 1 N–H and O–H groups in total. The van der Waals surface area contributed by atoms with Crippen LogP contribution in [-0.4, -0.2) is 40.5 Å². The van der Waals surface area contributed by atoms with Crippen LogP contribution in [0.3, 0.4) is 0 Å². The lowest BCUT2D eigenvalue weighted by Gasteiger charge is -2.13. The molecule has 1 amide bonds. The van der Waals surface area contributed by atoms with Gasteiger partial charge >= 0.3 is 0 Å². The summed E-state index contributed by atoms with van der Waals surface area (Å²) in [6, 6.07) is 25.9. The van der Waals surface area contributed by atoms with Crippen LogP contribution in [-0.2, 0) is 17.9 Å². The van der Waals surface area contributed by atoms with Crippen LogP contribution in [0.15, 0.2) is 84.0 Å². The topological polar surface area (TPSA) is 72.3 Å². The van der Waals surface area contributed by atoms with Gasteiger partial charge in [0.1, 0.15) is 12.4 Å². The smallest absolute Gasteiger partial charge is 0.230 e. The Morgan fingerprint density at radius 2 is 1.69 bits per heavy atom. The fourth-order valence-corrected chi connectivity index (χ4v) is 4.28. The molecule has 0 saturated heterocycles. The number of thioether (sulfide) groups is 1. The van der Waals surface area contributed by atoms with Crippen molar-refractivity contribution in [2.24, 2.45) is 0 Å². The third kappa shape index (κ3) is 6.42. The Morgan fingerprint density at radius 3 is 2.40 bits per heavy atom. The fraction of sp³-hybridized carbons (Fsp3) is 0.222. The number of aromatic nitrogens is 3. The molecular weight excluding hydrogens is 458 g/mol. The molecule has 0 unspecified atom stereocenters. The normalized spacial score (nSPS) is 10.7. The maximum absolute atomic E-state index is 12.5. The molecule has 7 nitrogen and oxygen atoms in total. The highest BCUT2D eigenvalue weighted by atomic mass is 32.2. The van der Waals surface area contributed by atoms with Crippen molar-refractivity contribution >= 4 is 23.4 Å². The number of para-hydroxylation sites is 2. The van der Waals surface area contributed by atoms with Crippen LogP contribution in [0.1, 0.15) is 17.0 Å². The number of aryl methyl sites for hydroxylation is 1. The van der Waals surface area contributed by atoms with E-state index in [1.165, 1.54) is 11.8 Å². The van der Waals surface area contributed by atoms with Crippen molar-refractivity contribution in [2.75, 3.05) is 24.7 Å². The number of ether oxygens (including phenoxy) is 1. The van der Waals surface area contributed by atoms with Crippen LogP contribution in [0.5, 0.6) is 5.75 Å². The predicted molar refractivity (Wildman–Crippen MR) is 140 cm³/mol. The number of nitrogens with zero attached hydrogens (tertiary/aromatic N) is 4. The quantitative estimate of drug-likeness (QED) is 0.329. The number of hydrogen-bond acceptors (Lipinski definition) is 6. The molecule has 0 aliphatic heterocycles. The summed E-state index contributed by atoms with van der Waals surface area (Å²) in [7, 11) is 4.00. The molecule has 4 rings (SSSR count). The van der Waals surface area contributed by atoms with Crippen molar-refractivity contribution in [3.8, 4) is 11.4 Å². The van der Waals surface area contributed by atoms with Gasteiger partial charge in [-0.25, -0.2) is 0 Å². The highest BCUT2D eigenvalue weighted by Crippen LogP contribution is 2.24. The van der Waals surface area contributed by atoms with Crippen LogP contribution < -0.4 is 15.0 Å². The van der Waals surface area contributed by atoms with Gasteiger partial charge in [-0.2, -0.15) is 0 Å². The molecule has 0 bridgehead atoms. The largest absolute Gasteiger partial charge is 0.485 e. The number of nitrogens with one attached hydrogen (secondary N) is 1. The summed E-state index contributed by atoms with van der Waals surface area (Å²) in [6.07, 6.45) is 0. The van der Waals surface area contributed by atoms with Crippen molar-refractivity contribution in [3.05, 3.63) is 95.8 Å². The van der Waals surface area contributed by atoms with E-state index in [9.17, 15) is 4.79 Å².